The molecule has 0 aromatic carbocycles. The Morgan fingerprint density at radius 1 is 1.43 bits per heavy atom. The molecule has 0 aromatic rings. The van der Waals surface area contributed by atoms with Crippen molar-refractivity contribution in [2.24, 2.45) is 0 Å². The van der Waals surface area contributed by atoms with Gasteiger partial charge in [0.15, 0.2) is 0 Å². The van der Waals surface area contributed by atoms with Crippen LogP contribution < -0.4 is 0 Å². The smallest absolute Gasteiger partial charge is 0.408 e. The predicted octanol–water partition coefficient (Wildman–Crippen LogP) is 2.64. The summed E-state index contributed by atoms with van der Waals surface area (Å²) in [4.78, 5) is 0. The van der Waals surface area contributed by atoms with Crippen molar-refractivity contribution < 1.29 is 22.5 Å². The standard InChI is InChI=1S/C8H14BF3O2/c1-6-4-7(2,3)14-9(13-6)5-8(10,11)12/h6H,4-5H2,1-3H3. The highest BCUT2D eigenvalue weighted by Gasteiger charge is 2.44. The molecule has 14 heavy (non-hydrogen) atoms. The normalized spacial score (nSPS) is 27.9. The average Bonchev–Trinajstić information content (AvgIpc) is 1.74. The van der Waals surface area contributed by atoms with Crippen LogP contribution in [0.4, 0.5) is 13.2 Å². The number of alkyl halides is 3. The van der Waals surface area contributed by atoms with Gasteiger partial charge in [-0.1, -0.05) is 0 Å². The molecule has 1 rings (SSSR count). The molecule has 0 radical (unpaired) electrons. The van der Waals surface area contributed by atoms with E-state index in [9.17, 15) is 13.2 Å². The molecule has 1 atom stereocenters. The molecule has 1 heterocycles. The summed E-state index contributed by atoms with van der Waals surface area (Å²) in [5, 5.41) is 0. The van der Waals surface area contributed by atoms with Crippen LogP contribution in [0, 0.1) is 0 Å². The maximum absolute atomic E-state index is 12.1. The minimum Gasteiger partial charge on any atom is -0.408 e. The van der Waals surface area contributed by atoms with E-state index in [1.54, 1.807) is 20.8 Å². The first kappa shape index (κ1) is 11.8. The Kier molecular flexibility index (Phi) is 3.16. The second-order valence-electron chi connectivity index (χ2n) is 4.28. The molecule has 0 bridgehead atoms. The molecule has 82 valence electrons. The Balaban J connectivity index is 2.54. The summed E-state index contributed by atoms with van der Waals surface area (Å²) in [7, 11) is -1.16. The lowest BCUT2D eigenvalue weighted by Crippen LogP contribution is -2.47. The second-order valence-corrected chi connectivity index (χ2v) is 4.28. The van der Waals surface area contributed by atoms with E-state index in [-0.39, 0.29) is 6.10 Å². The van der Waals surface area contributed by atoms with Crippen LogP contribution in [-0.2, 0) is 9.31 Å². The van der Waals surface area contributed by atoms with Crippen molar-refractivity contribution >= 4 is 7.12 Å². The van der Waals surface area contributed by atoms with E-state index in [0.717, 1.165) is 0 Å². The van der Waals surface area contributed by atoms with Gasteiger partial charge in [-0.05, 0) is 27.2 Å². The Morgan fingerprint density at radius 3 is 2.43 bits per heavy atom. The van der Waals surface area contributed by atoms with Gasteiger partial charge in [-0.15, -0.1) is 0 Å². The summed E-state index contributed by atoms with van der Waals surface area (Å²) < 4.78 is 46.4. The Hall–Kier alpha value is -0.225. The van der Waals surface area contributed by atoms with Crippen LogP contribution in [0.15, 0.2) is 0 Å². The summed E-state index contributed by atoms with van der Waals surface area (Å²) in [6, 6.07) is 0. The fourth-order valence-corrected chi connectivity index (χ4v) is 1.71. The lowest BCUT2D eigenvalue weighted by molar-refractivity contribution is -0.123. The van der Waals surface area contributed by atoms with Gasteiger partial charge >= 0.3 is 13.3 Å². The molecule has 1 fully saturated rings. The highest BCUT2D eigenvalue weighted by Crippen LogP contribution is 2.31. The maximum Gasteiger partial charge on any atom is 0.466 e. The van der Waals surface area contributed by atoms with E-state index < -0.39 is 25.2 Å². The molecule has 6 heteroatoms. The minimum atomic E-state index is -4.24. The zero-order valence-electron chi connectivity index (χ0n) is 8.52. The van der Waals surface area contributed by atoms with E-state index in [1.807, 2.05) is 0 Å². The second kappa shape index (κ2) is 3.74. The summed E-state index contributed by atoms with van der Waals surface area (Å²) in [5.74, 6) is 0. The molecular formula is C8H14BF3O2. The van der Waals surface area contributed by atoms with Gasteiger partial charge in [0.25, 0.3) is 0 Å². The van der Waals surface area contributed by atoms with Crippen LogP contribution in [0.1, 0.15) is 27.2 Å². The zero-order chi connectivity index (χ0) is 11.0. The van der Waals surface area contributed by atoms with E-state index in [4.69, 9.17) is 9.31 Å². The molecule has 1 unspecified atom stereocenters. The van der Waals surface area contributed by atoms with Crippen LogP contribution in [0.25, 0.3) is 0 Å². The first-order chi connectivity index (χ1) is 6.18. The summed E-state index contributed by atoms with van der Waals surface area (Å²) >= 11 is 0. The van der Waals surface area contributed by atoms with Gasteiger partial charge in [-0.2, -0.15) is 13.2 Å². The number of hydrogen-bond acceptors (Lipinski definition) is 2. The third-order valence-corrected chi connectivity index (χ3v) is 2.01. The predicted molar refractivity (Wildman–Crippen MR) is 46.9 cm³/mol. The van der Waals surface area contributed by atoms with Crippen molar-refractivity contribution in [3.63, 3.8) is 0 Å². The molecule has 0 aromatic heterocycles. The van der Waals surface area contributed by atoms with Gasteiger partial charge in [0.2, 0.25) is 0 Å². The van der Waals surface area contributed by atoms with Gasteiger partial charge in [0.05, 0.1) is 11.9 Å². The third-order valence-electron chi connectivity index (χ3n) is 2.01. The van der Waals surface area contributed by atoms with Gasteiger partial charge in [-0.3, -0.25) is 0 Å². The average molecular weight is 210 g/mol. The molecule has 2 nitrogen and oxygen atoms in total. The van der Waals surface area contributed by atoms with Gasteiger partial charge in [-0.25, -0.2) is 0 Å². The van der Waals surface area contributed by atoms with E-state index in [1.165, 1.54) is 0 Å². The Labute approximate surface area is 81.9 Å². The molecule has 0 N–H and O–H groups in total. The summed E-state index contributed by atoms with van der Waals surface area (Å²) in [6.07, 6.45) is -4.86. The lowest BCUT2D eigenvalue weighted by atomic mass is 9.79. The molecule has 0 saturated carbocycles. The fraction of sp³-hybridized carbons (Fsp3) is 1.00. The largest absolute Gasteiger partial charge is 0.466 e. The fourth-order valence-electron chi connectivity index (χ4n) is 1.71. The van der Waals surface area contributed by atoms with Crippen LogP contribution in [0.3, 0.4) is 0 Å². The first-order valence-corrected chi connectivity index (χ1v) is 4.58. The monoisotopic (exact) mass is 210 g/mol. The number of rotatable bonds is 1. The van der Waals surface area contributed by atoms with Crippen molar-refractivity contribution in [2.75, 3.05) is 0 Å². The van der Waals surface area contributed by atoms with Crippen LogP contribution >= 0.6 is 0 Å². The van der Waals surface area contributed by atoms with Crippen molar-refractivity contribution in [1.29, 1.82) is 0 Å². The van der Waals surface area contributed by atoms with Gasteiger partial charge < -0.3 is 9.31 Å². The van der Waals surface area contributed by atoms with E-state index >= 15 is 0 Å². The SMILES string of the molecule is CC1CC(C)(C)OB(CC(F)(F)F)O1. The molecule has 1 saturated heterocycles. The maximum atomic E-state index is 12.1. The molecule has 0 aliphatic carbocycles. The van der Waals surface area contributed by atoms with E-state index in [2.05, 4.69) is 0 Å². The van der Waals surface area contributed by atoms with Crippen LogP contribution in [-0.4, -0.2) is 25.0 Å². The van der Waals surface area contributed by atoms with Crippen molar-refractivity contribution in [3.8, 4) is 0 Å². The molecule has 1 aliphatic rings. The van der Waals surface area contributed by atoms with Crippen LogP contribution in [0.5, 0.6) is 0 Å². The van der Waals surface area contributed by atoms with Crippen molar-refractivity contribution in [3.05, 3.63) is 0 Å². The summed E-state index contributed by atoms with van der Waals surface area (Å²) in [5.41, 5.74) is -0.534. The van der Waals surface area contributed by atoms with Gasteiger partial charge in [0, 0.05) is 6.10 Å². The topological polar surface area (TPSA) is 18.5 Å². The minimum absolute atomic E-state index is 0.189. The van der Waals surface area contributed by atoms with Crippen molar-refractivity contribution in [1.82, 2.24) is 0 Å². The summed E-state index contributed by atoms with van der Waals surface area (Å²) in [6.45, 7) is 5.30. The third kappa shape index (κ3) is 3.88. The van der Waals surface area contributed by atoms with Gasteiger partial charge in [0.1, 0.15) is 0 Å². The zero-order valence-corrected chi connectivity index (χ0v) is 8.52. The Bertz CT molecular complexity index is 203. The molecule has 1 aliphatic heterocycles. The lowest BCUT2D eigenvalue weighted by Gasteiger charge is -2.38. The number of hydrogen-bond donors (Lipinski definition) is 0. The van der Waals surface area contributed by atoms with E-state index in [0.29, 0.717) is 6.42 Å². The quantitative estimate of drug-likeness (QED) is 0.619. The first-order valence-electron chi connectivity index (χ1n) is 4.58. The highest BCUT2D eigenvalue weighted by molar-refractivity contribution is 6.45. The molecular weight excluding hydrogens is 196 g/mol. The van der Waals surface area contributed by atoms with Crippen molar-refractivity contribution in [2.45, 2.75) is 51.4 Å². The molecule has 0 spiro atoms. The highest BCUT2D eigenvalue weighted by atomic mass is 19.4. The Morgan fingerprint density at radius 2 is 2.00 bits per heavy atom. The van der Waals surface area contributed by atoms with Crippen LogP contribution in [0.2, 0.25) is 6.32 Å². The number of halogens is 3. The molecule has 0 amide bonds.